The highest BCUT2D eigenvalue weighted by Gasteiger charge is 2.20. The molecule has 4 aromatic heterocycles. The van der Waals surface area contributed by atoms with Crippen LogP contribution in [0.3, 0.4) is 0 Å². The van der Waals surface area contributed by atoms with Crippen molar-refractivity contribution >= 4 is 10.9 Å². The Morgan fingerprint density at radius 1 is 1.14 bits per heavy atom. The zero-order valence-electron chi connectivity index (χ0n) is 17.3. The van der Waals surface area contributed by atoms with Crippen molar-refractivity contribution in [3.05, 3.63) is 41.5 Å². The van der Waals surface area contributed by atoms with Gasteiger partial charge in [-0.15, -0.1) is 0 Å². The van der Waals surface area contributed by atoms with Crippen LogP contribution in [0.2, 0.25) is 0 Å². The molecule has 4 aromatic rings. The normalized spacial score (nSPS) is 11.8. The van der Waals surface area contributed by atoms with Gasteiger partial charge in [-0.2, -0.15) is 5.10 Å². The molecule has 0 bridgehead atoms. The van der Waals surface area contributed by atoms with E-state index in [4.69, 9.17) is 9.51 Å². The summed E-state index contributed by atoms with van der Waals surface area (Å²) in [4.78, 5) is 7.23. The fraction of sp³-hybridized carbons (Fsp3) is 0.381. The predicted molar refractivity (Wildman–Crippen MR) is 110 cm³/mol. The monoisotopic (exact) mass is 378 g/mol. The maximum Gasteiger partial charge on any atom is 0.143 e. The first kappa shape index (κ1) is 18.4. The van der Waals surface area contributed by atoms with E-state index in [-0.39, 0.29) is 0 Å². The number of hydrogen-bond donors (Lipinski definition) is 0. The second-order valence-electron chi connectivity index (χ2n) is 7.57. The summed E-state index contributed by atoms with van der Waals surface area (Å²) in [6, 6.07) is 6.38. The van der Waals surface area contributed by atoms with Crippen LogP contribution in [0.25, 0.3) is 33.5 Å². The van der Waals surface area contributed by atoms with E-state index >= 15 is 0 Å². The number of aromatic nitrogens is 5. The number of pyridine rings is 1. The summed E-state index contributed by atoms with van der Waals surface area (Å²) < 4.78 is 9.64. The van der Waals surface area contributed by atoms with Crippen molar-refractivity contribution in [3.63, 3.8) is 0 Å². The summed E-state index contributed by atoms with van der Waals surface area (Å²) in [6.45, 7) is 7.92. The minimum atomic E-state index is 0.781. The quantitative estimate of drug-likeness (QED) is 0.531. The standard InChI is InChI=1S/C21H26N6O/c1-13-11-16-19(27(13)10-9-25(4)5)12-17(20-14(2)24-28-15(20)3)23-21(16)18-7-8-22-26(18)6/h7-8,11-12H,9-10H2,1-6H3. The van der Waals surface area contributed by atoms with E-state index in [1.807, 2.05) is 31.6 Å². The average molecular weight is 378 g/mol. The summed E-state index contributed by atoms with van der Waals surface area (Å²) in [5.41, 5.74) is 7.00. The molecule has 0 radical (unpaired) electrons. The van der Waals surface area contributed by atoms with Crippen molar-refractivity contribution in [1.82, 2.24) is 29.4 Å². The van der Waals surface area contributed by atoms with Gasteiger partial charge in [-0.1, -0.05) is 5.16 Å². The van der Waals surface area contributed by atoms with Crippen molar-refractivity contribution in [1.29, 1.82) is 0 Å². The third-order valence-corrected chi connectivity index (χ3v) is 5.23. The Bertz CT molecular complexity index is 1130. The van der Waals surface area contributed by atoms with Crippen molar-refractivity contribution in [2.45, 2.75) is 27.3 Å². The van der Waals surface area contributed by atoms with Crippen LogP contribution in [-0.4, -0.2) is 50.0 Å². The number of rotatable bonds is 5. The number of likely N-dealkylation sites (N-methyl/N-ethyl adjacent to an activating group) is 1. The lowest BCUT2D eigenvalue weighted by Crippen LogP contribution is -2.18. The van der Waals surface area contributed by atoms with E-state index in [2.05, 4.69) is 52.9 Å². The van der Waals surface area contributed by atoms with Crippen LogP contribution >= 0.6 is 0 Å². The summed E-state index contributed by atoms with van der Waals surface area (Å²) in [7, 11) is 6.14. The van der Waals surface area contributed by atoms with Crippen LogP contribution in [0, 0.1) is 20.8 Å². The zero-order valence-corrected chi connectivity index (χ0v) is 17.3. The lowest BCUT2D eigenvalue weighted by molar-refractivity contribution is 0.385. The molecule has 0 fully saturated rings. The van der Waals surface area contributed by atoms with E-state index in [0.29, 0.717) is 0 Å². The molecule has 0 saturated carbocycles. The molecular weight excluding hydrogens is 352 g/mol. The predicted octanol–water partition coefficient (Wildman–Crippen LogP) is 3.58. The molecule has 0 spiro atoms. The Balaban J connectivity index is 2.01. The van der Waals surface area contributed by atoms with Gasteiger partial charge in [0.2, 0.25) is 0 Å². The molecule has 0 saturated heterocycles. The molecule has 4 heterocycles. The third kappa shape index (κ3) is 3.01. The smallest absolute Gasteiger partial charge is 0.143 e. The van der Waals surface area contributed by atoms with E-state index in [1.54, 1.807) is 6.20 Å². The zero-order chi connectivity index (χ0) is 20.0. The van der Waals surface area contributed by atoms with Gasteiger partial charge in [-0.25, -0.2) is 4.98 Å². The van der Waals surface area contributed by atoms with E-state index in [0.717, 1.165) is 52.6 Å². The van der Waals surface area contributed by atoms with Crippen LogP contribution < -0.4 is 0 Å². The Labute approximate surface area is 164 Å². The maximum absolute atomic E-state index is 5.41. The minimum absolute atomic E-state index is 0.781. The molecule has 0 aromatic carbocycles. The lowest BCUT2D eigenvalue weighted by atomic mass is 10.1. The SMILES string of the molecule is Cc1noc(C)c1-c1cc2c(cc(C)n2CCN(C)C)c(-c2ccnn2C)n1. The van der Waals surface area contributed by atoms with Gasteiger partial charge < -0.3 is 14.0 Å². The van der Waals surface area contributed by atoms with Crippen molar-refractivity contribution in [3.8, 4) is 22.6 Å². The molecule has 0 aliphatic carbocycles. The van der Waals surface area contributed by atoms with Crippen LogP contribution in [0.5, 0.6) is 0 Å². The van der Waals surface area contributed by atoms with Gasteiger partial charge in [-0.3, -0.25) is 4.68 Å². The highest BCUT2D eigenvalue weighted by molar-refractivity contribution is 5.96. The van der Waals surface area contributed by atoms with Crippen LogP contribution in [0.4, 0.5) is 0 Å². The fourth-order valence-corrected chi connectivity index (χ4v) is 3.76. The summed E-state index contributed by atoms with van der Waals surface area (Å²) in [6.07, 6.45) is 1.81. The molecule has 0 aliphatic heterocycles. The number of hydrogen-bond acceptors (Lipinski definition) is 5. The van der Waals surface area contributed by atoms with Crippen molar-refractivity contribution in [2.24, 2.45) is 7.05 Å². The Hall–Kier alpha value is -2.93. The molecule has 7 nitrogen and oxygen atoms in total. The number of fused-ring (bicyclic) bond motifs is 1. The van der Waals surface area contributed by atoms with Crippen LogP contribution in [0.1, 0.15) is 17.1 Å². The minimum Gasteiger partial charge on any atom is -0.361 e. The first-order chi connectivity index (χ1) is 13.4. The summed E-state index contributed by atoms with van der Waals surface area (Å²) in [5.74, 6) is 0.781. The van der Waals surface area contributed by atoms with Gasteiger partial charge in [0.25, 0.3) is 0 Å². The third-order valence-electron chi connectivity index (χ3n) is 5.23. The first-order valence-electron chi connectivity index (χ1n) is 9.44. The highest BCUT2D eigenvalue weighted by atomic mass is 16.5. The van der Waals surface area contributed by atoms with E-state index in [1.165, 1.54) is 11.2 Å². The highest BCUT2D eigenvalue weighted by Crippen LogP contribution is 2.35. The second kappa shape index (κ2) is 6.91. The van der Waals surface area contributed by atoms with Gasteiger partial charge in [0.05, 0.1) is 33.9 Å². The van der Waals surface area contributed by atoms with Crippen molar-refractivity contribution < 1.29 is 4.52 Å². The van der Waals surface area contributed by atoms with Gasteiger partial charge >= 0.3 is 0 Å². The molecule has 0 aliphatic rings. The molecule has 0 amide bonds. The van der Waals surface area contributed by atoms with Gasteiger partial charge in [-0.05, 0) is 53.1 Å². The number of nitrogens with zero attached hydrogens (tertiary/aromatic N) is 6. The Kier molecular flexibility index (Phi) is 4.55. The van der Waals surface area contributed by atoms with E-state index in [9.17, 15) is 0 Å². The maximum atomic E-state index is 5.41. The molecule has 0 atom stereocenters. The summed E-state index contributed by atoms with van der Waals surface area (Å²) in [5, 5.41) is 9.61. The molecule has 4 rings (SSSR count). The van der Waals surface area contributed by atoms with E-state index < -0.39 is 0 Å². The second-order valence-corrected chi connectivity index (χ2v) is 7.57. The Morgan fingerprint density at radius 3 is 2.54 bits per heavy atom. The molecule has 7 heteroatoms. The Morgan fingerprint density at radius 2 is 1.93 bits per heavy atom. The molecular formula is C21H26N6O. The van der Waals surface area contributed by atoms with Crippen molar-refractivity contribution in [2.75, 3.05) is 20.6 Å². The first-order valence-corrected chi connectivity index (χ1v) is 9.44. The summed E-state index contributed by atoms with van der Waals surface area (Å²) >= 11 is 0. The largest absolute Gasteiger partial charge is 0.361 e. The molecule has 0 N–H and O–H groups in total. The van der Waals surface area contributed by atoms with Gasteiger partial charge in [0.15, 0.2) is 0 Å². The average Bonchev–Trinajstić information content (AvgIpc) is 3.29. The van der Waals surface area contributed by atoms with Crippen LogP contribution in [-0.2, 0) is 13.6 Å². The molecule has 146 valence electrons. The lowest BCUT2D eigenvalue weighted by Gasteiger charge is -2.14. The topological polar surface area (TPSA) is 64.9 Å². The van der Waals surface area contributed by atoms with Crippen LogP contribution in [0.15, 0.2) is 28.9 Å². The number of aryl methyl sites for hydroxylation is 4. The molecule has 0 unspecified atom stereocenters. The van der Waals surface area contributed by atoms with Gasteiger partial charge in [0, 0.05) is 37.4 Å². The van der Waals surface area contributed by atoms with Gasteiger partial charge in [0.1, 0.15) is 5.76 Å². The fourth-order valence-electron chi connectivity index (χ4n) is 3.76. The molecule has 28 heavy (non-hydrogen) atoms.